The van der Waals surface area contributed by atoms with E-state index in [9.17, 15) is 26.8 Å². The number of sulfonamides is 1. The molecule has 7 nitrogen and oxygen atoms in total. The monoisotopic (exact) mass is 612 g/mol. The third-order valence-electron chi connectivity index (χ3n) is 6.25. The van der Waals surface area contributed by atoms with Crippen LogP contribution in [-0.2, 0) is 32.4 Å². The number of rotatable bonds is 12. The number of carbonyl (C=O) groups is 2. The Kier molecular flexibility index (Phi) is 10.4. The minimum Gasteiger partial charge on any atom is -0.462 e. The van der Waals surface area contributed by atoms with Crippen LogP contribution in [0.4, 0.5) is 8.78 Å². The number of ether oxygens (including phenoxy) is 1. The molecule has 0 radical (unpaired) electrons. The molecule has 0 aliphatic carbocycles. The number of amides is 1. The molecule has 0 aliphatic heterocycles. The number of benzene rings is 4. The summed E-state index contributed by atoms with van der Waals surface area (Å²) in [7, 11) is -4.56. The fourth-order valence-electron chi connectivity index (χ4n) is 4.18. The van der Waals surface area contributed by atoms with Crippen LogP contribution < -0.4 is 10.0 Å². The van der Waals surface area contributed by atoms with Gasteiger partial charge in [0, 0.05) is 18.1 Å². The minimum absolute atomic E-state index is 0.0730. The molecule has 4 aromatic rings. The zero-order valence-corrected chi connectivity index (χ0v) is 23.7. The van der Waals surface area contributed by atoms with E-state index in [1.54, 1.807) is 84.9 Å². The fraction of sp³-hybridized carbons (Fsp3) is 0.161. The zero-order chi connectivity index (χ0) is 30.1. The lowest BCUT2D eigenvalue weighted by atomic mass is 10.1. The van der Waals surface area contributed by atoms with E-state index in [-0.39, 0.29) is 12.8 Å². The van der Waals surface area contributed by atoms with Crippen molar-refractivity contribution < 1.29 is 31.5 Å². The molecule has 0 saturated carbocycles. The summed E-state index contributed by atoms with van der Waals surface area (Å²) < 4.78 is 62.2. The molecular weight excluding hydrogens is 586 g/mol. The normalized spacial score (nSPS) is 12.7. The Balaban J connectivity index is 1.55. The Bertz CT molecular complexity index is 1630. The van der Waals surface area contributed by atoms with E-state index in [4.69, 9.17) is 16.3 Å². The maximum Gasteiger partial charge on any atom is 0.329 e. The highest BCUT2D eigenvalue weighted by Gasteiger charge is 2.28. The second kappa shape index (κ2) is 14.2. The molecular formula is C31H27ClF2N2O5S. The molecule has 4 rings (SSSR count). The van der Waals surface area contributed by atoms with Gasteiger partial charge in [-0.25, -0.2) is 26.7 Å². The Morgan fingerprint density at radius 3 is 1.93 bits per heavy atom. The quantitative estimate of drug-likeness (QED) is 0.171. The van der Waals surface area contributed by atoms with Gasteiger partial charge in [-0.15, -0.1) is 0 Å². The van der Waals surface area contributed by atoms with E-state index < -0.39 is 62.1 Å². The first-order valence-electron chi connectivity index (χ1n) is 12.9. The standard InChI is InChI=1S/C31H27ClF2N2O5S/c32-25-18-29(27(34)19-26(25)33)42(39,40)36-24(16-21-10-4-1-5-11-21)20-41-31(38)28(17-22-12-6-2-7-13-22)35-30(37)23-14-8-3-9-15-23/h1-15,18-19,24,28,36H,16-17,20H2,(H,35,37)/t24-,28+/m1/s1. The first kappa shape index (κ1) is 30.8. The summed E-state index contributed by atoms with van der Waals surface area (Å²) in [6, 6.07) is 25.0. The Hall–Kier alpha value is -4.12. The molecule has 218 valence electrons. The number of hydrogen-bond acceptors (Lipinski definition) is 5. The number of nitrogens with one attached hydrogen (secondary N) is 2. The average molecular weight is 613 g/mol. The summed E-state index contributed by atoms with van der Waals surface area (Å²) in [6.07, 6.45) is 0.191. The molecule has 2 atom stereocenters. The molecule has 0 fully saturated rings. The summed E-state index contributed by atoms with van der Waals surface area (Å²) in [6.45, 7) is -0.448. The fourth-order valence-corrected chi connectivity index (χ4v) is 5.72. The van der Waals surface area contributed by atoms with E-state index in [2.05, 4.69) is 10.0 Å². The van der Waals surface area contributed by atoms with Gasteiger partial charge in [0.25, 0.3) is 5.91 Å². The predicted octanol–water partition coefficient (Wildman–Crippen LogP) is 5.09. The lowest BCUT2D eigenvalue weighted by Crippen LogP contribution is -2.46. The lowest BCUT2D eigenvalue weighted by molar-refractivity contribution is -0.146. The molecule has 0 heterocycles. The van der Waals surface area contributed by atoms with Gasteiger partial charge in [0.1, 0.15) is 29.2 Å². The summed E-state index contributed by atoms with van der Waals surface area (Å²) in [5.74, 6) is -3.72. The van der Waals surface area contributed by atoms with Crippen LogP contribution in [0.5, 0.6) is 0 Å². The van der Waals surface area contributed by atoms with E-state index in [1.165, 1.54) is 0 Å². The molecule has 2 N–H and O–H groups in total. The first-order valence-corrected chi connectivity index (χ1v) is 14.8. The summed E-state index contributed by atoms with van der Waals surface area (Å²) in [5, 5.41) is 2.13. The Morgan fingerprint density at radius 2 is 1.33 bits per heavy atom. The van der Waals surface area contributed by atoms with Gasteiger partial charge in [0.2, 0.25) is 10.0 Å². The van der Waals surface area contributed by atoms with E-state index in [1.807, 2.05) is 6.07 Å². The van der Waals surface area contributed by atoms with Gasteiger partial charge in [-0.3, -0.25) is 4.79 Å². The van der Waals surface area contributed by atoms with Crippen LogP contribution in [0.3, 0.4) is 0 Å². The zero-order valence-electron chi connectivity index (χ0n) is 22.2. The lowest BCUT2D eigenvalue weighted by Gasteiger charge is -2.22. The van der Waals surface area contributed by atoms with Crippen molar-refractivity contribution in [3.05, 3.63) is 136 Å². The number of esters is 1. The molecule has 0 saturated heterocycles. The molecule has 4 aromatic carbocycles. The van der Waals surface area contributed by atoms with Crippen molar-refractivity contribution in [2.45, 2.75) is 29.8 Å². The highest BCUT2D eigenvalue weighted by molar-refractivity contribution is 7.89. The van der Waals surface area contributed by atoms with Crippen LogP contribution in [0.1, 0.15) is 21.5 Å². The molecule has 0 unspecified atom stereocenters. The molecule has 11 heteroatoms. The molecule has 0 spiro atoms. The van der Waals surface area contributed by atoms with Crippen LogP contribution in [0, 0.1) is 11.6 Å². The van der Waals surface area contributed by atoms with Crippen LogP contribution in [0.15, 0.2) is 108 Å². The van der Waals surface area contributed by atoms with Crippen LogP contribution in [0.2, 0.25) is 5.02 Å². The van der Waals surface area contributed by atoms with Crippen molar-refractivity contribution in [1.82, 2.24) is 10.0 Å². The highest BCUT2D eigenvalue weighted by atomic mass is 35.5. The van der Waals surface area contributed by atoms with E-state index >= 15 is 0 Å². The molecule has 0 aliphatic rings. The average Bonchev–Trinajstić information content (AvgIpc) is 2.98. The third-order valence-corrected chi connectivity index (χ3v) is 8.07. The van der Waals surface area contributed by atoms with Gasteiger partial charge in [0.15, 0.2) is 0 Å². The predicted molar refractivity (Wildman–Crippen MR) is 154 cm³/mol. The van der Waals surface area contributed by atoms with Crippen molar-refractivity contribution in [2.75, 3.05) is 6.61 Å². The largest absolute Gasteiger partial charge is 0.462 e. The third kappa shape index (κ3) is 8.45. The molecule has 42 heavy (non-hydrogen) atoms. The smallest absolute Gasteiger partial charge is 0.329 e. The number of halogens is 3. The van der Waals surface area contributed by atoms with Gasteiger partial charge in [-0.2, -0.15) is 0 Å². The van der Waals surface area contributed by atoms with Crippen molar-refractivity contribution in [1.29, 1.82) is 0 Å². The van der Waals surface area contributed by atoms with E-state index in [0.717, 1.165) is 5.56 Å². The number of carbonyl (C=O) groups excluding carboxylic acids is 2. The highest BCUT2D eigenvalue weighted by Crippen LogP contribution is 2.23. The van der Waals surface area contributed by atoms with E-state index in [0.29, 0.717) is 23.3 Å². The maximum atomic E-state index is 14.4. The van der Waals surface area contributed by atoms with Crippen LogP contribution in [-0.4, -0.2) is 39.0 Å². The second-order valence-electron chi connectivity index (χ2n) is 9.42. The van der Waals surface area contributed by atoms with Gasteiger partial charge >= 0.3 is 5.97 Å². The van der Waals surface area contributed by atoms with Crippen molar-refractivity contribution in [3.63, 3.8) is 0 Å². The van der Waals surface area contributed by atoms with Gasteiger partial charge in [0.05, 0.1) is 11.1 Å². The molecule has 0 aromatic heterocycles. The summed E-state index contributed by atoms with van der Waals surface area (Å²) in [5.41, 5.74) is 1.81. The SMILES string of the molecule is O=C(N[C@@H](Cc1ccccc1)C(=O)OC[C@@H](Cc1ccccc1)NS(=O)(=O)c1cc(Cl)c(F)cc1F)c1ccccc1. The Morgan fingerprint density at radius 1 is 0.786 bits per heavy atom. The van der Waals surface area contributed by atoms with Gasteiger partial charge in [-0.1, -0.05) is 90.5 Å². The number of hydrogen-bond donors (Lipinski definition) is 2. The molecule has 0 bridgehead atoms. The minimum atomic E-state index is -4.56. The molecule has 1 amide bonds. The topological polar surface area (TPSA) is 102 Å². The summed E-state index contributed by atoms with van der Waals surface area (Å²) >= 11 is 5.71. The summed E-state index contributed by atoms with van der Waals surface area (Å²) in [4.78, 5) is 25.3. The maximum absolute atomic E-state index is 14.4. The van der Waals surface area contributed by atoms with Crippen molar-refractivity contribution in [3.8, 4) is 0 Å². The van der Waals surface area contributed by atoms with Crippen molar-refractivity contribution in [2.24, 2.45) is 0 Å². The Labute approximate surface area is 247 Å². The van der Waals surface area contributed by atoms with Crippen LogP contribution in [0.25, 0.3) is 0 Å². The van der Waals surface area contributed by atoms with Gasteiger partial charge < -0.3 is 10.1 Å². The van der Waals surface area contributed by atoms with Gasteiger partial charge in [-0.05, 0) is 35.7 Å². The van der Waals surface area contributed by atoms with Crippen LogP contribution >= 0.6 is 11.6 Å². The van der Waals surface area contributed by atoms with Crippen molar-refractivity contribution >= 4 is 33.5 Å². The first-order chi connectivity index (χ1) is 20.1. The second-order valence-corrected chi connectivity index (χ2v) is 11.5.